The Morgan fingerprint density at radius 3 is 2.57 bits per heavy atom. The second kappa shape index (κ2) is 5.74. The van der Waals surface area contributed by atoms with Gasteiger partial charge in [-0.3, -0.25) is 4.79 Å². The highest BCUT2D eigenvalue weighted by Gasteiger charge is 2.38. The summed E-state index contributed by atoms with van der Waals surface area (Å²) in [6.45, 7) is -0.126. The number of aliphatic carboxylic acids is 1. The number of pyridine rings is 1. The Hall–Kier alpha value is -2.07. The van der Waals surface area contributed by atoms with Crippen LogP contribution in [0, 0.1) is 10.1 Å². The average molecular weight is 315 g/mol. The van der Waals surface area contributed by atoms with Crippen LogP contribution in [0.3, 0.4) is 0 Å². The minimum absolute atomic E-state index is 0.126. The van der Waals surface area contributed by atoms with Gasteiger partial charge in [-0.1, -0.05) is 0 Å². The largest absolute Gasteiger partial charge is 0.481 e. The molecular formula is C11H13N3O6S. The van der Waals surface area contributed by atoms with E-state index in [2.05, 4.69) is 4.98 Å². The van der Waals surface area contributed by atoms with Crippen LogP contribution in [-0.2, 0) is 14.8 Å². The van der Waals surface area contributed by atoms with Crippen molar-refractivity contribution in [3.8, 4) is 0 Å². The third-order valence-corrected chi connectivity index (χ3v) is 4.95. The van der Waals surface area contributed by atoms with Crippen molar-refractivity contribution >= 4 is 21.8 Å². The molecule has 1 aliphatic rings. The quantitative estimate of drug-likeness (QED) is 0.576. The molecule has 1 fully saturated rings. The molecule has 0 unspecified atom stereocenters. The van der Waals surface area contributed by atoms with Crippen molar-refractivity contribution < 1.29 is 23.2 Å². The number of hydrogen-bond donors (Lipinski definition) is 1. The van der Waals surface area contributed by atoms with Gasteiger partial charge in [0.1, 0.15) is 4.90 Å². The minimum Gasteiger partial charge on any atom is -0.481 e. The van der Waals surface area contributed by atoms with Crippen molar-refractivity contribution in [2.45, 2.75) is 30.2 Å². The number of aromatic nitrogens is 1. The normalized spacial score (nSPS) is 15.1. The molecule has 1 heterocycles. The lowest BCUT2D eigenvalue weighted by atomic mass is 10.4. The lowest BCUT2D eigenvalue weighted by Crippen LogP contribution is -2.35. The molecule has 0 amide bonds. The third-order valence-electron chi connectivity index (χ3n) is 3.01. The smallest absolute Gasteiger partial charge is 0.363 e. The van der Waals surface area contributed by atoms with Gasteiger partial charge < -0.3 is 15.2 Å². The van der Waals surface area contributed by atoms with Crippen LogP contribution in [0.1, 0.15) is 19.3 Å². The predicted molar refractivity (Wildman–Crippen MR) is 70.1 cm³/mol. The number of nitro groups is 1. The van der Waals surface area contributed by atoms with E-state index in [4.69, 9.17) is 5.11 Å². The highest BCUT2D eigenvalue weighted by molar-refractivity contribution is 7.89. The Kier molecular flexibility index (Phi) is 4.19. The first-order chi connectivity index (χ1) is 9.82. The van der Waals surface area contributed by atoms with Gasteiger partial charge in [0.15, 0.2) is 6.20 Å². The number of carboxylic acid groups (broad SMARTS) is 1. The fourth-order valence-electron chi connectivity index (χ4n) is 1.84. The van der Waals surface area contributed by atoms with Crippen LogP contribution in [-0.4, -0.2) is 46.3 Å². The van der Waals surface area contributed by atoms with Gasteiger partial charge in [0.2, 0.25) is 10.0 Å². The summed E-state index contributed by atoms with van der Waals surface area (Å²) in [6.07, 6.45) is 1.98. The van der Waals surface area contributed by atoms with Crippen LogP contribution < -0.4 is 0 Å². The second-order valence-electron chi connectivity index (χ2n) is 4.60. The van der Waals surface area contributed by atoms with Crippen molar-refractivity contribution in [3.05, 3.63) is 28.4 Å². The average Bonchev–Trinajstić information content (AvgIpc) is 3.23. The summed E-state index contributed by atoms with van der Waals surface area (Å²) in [6, 6.07) is 1.91. The monoisotopic (exact) mass is 315 g/mol. The summed E-state index contributed by atoms with van der Waals surface area (Å²) in [5.41, 5.74) is 0. The molecule has 0 aliphatic heterocycles. The van der Waals surface area contributed by atoms with Crippen molar-refractivity contribution in [1.82, 2.24) is 9.29 Å². The number of sulfonamides is 1. The zero-order valence-corrected chi connectivity index (χ0v) is 11.7. The molecule has 1 aromatic rings. The summed E-state index contributed by atoms with van der Waals surface area (Å²) in [4.78, 5) is 23.7. The molecular weight excluding hydrogens is 302 g/mol. The van der Waals surface area contributed by atoms with Crippen LogP contribution in [0.2, 0.25) is 0 Å². The minimum atomic E-state index is -3.89. The Labute approximate surface area is 120 Å². The summed E-state index contributed by atoms with van der Waals surface area (Å²) in [5.74, 6) is -1.53. The molecule has 0 aromatic carbocycles. The van der Waals surface area contributed by atoms with Gasteiger partial charge in [-0.2, -0.15) is 4.31 Å². The molecule has 2 rings (SSSR count). The van der Waals surface area contributed by atoms with Crippen LogP contribution in [0.15, 0.2) is 23.2 Å². The Balaban J connectivity index is 2.25. The van der Waals surface area contributed by atoms with Gasteiger partial charge in [0.05, 0.1) is 6.42 Å². The lowest BCUT2D eigenvalue weighted by Gasteiger charge is -2.20. The topological polar surface area (TPSA) is 131 Å². The molecule has 9 nitrogen and oxygen atoms in total. The standard InChI is InChI=1S/C11H13N3O6S/c15-11(16)5-6-13(8-1-2-8)21(19,20)9-3-4-10(12-7-9)14(17)18/h3-4,7-8H,1-2,5-6H2,(H,15,16). The first-order valence-electron chi connectivity index (χ1n) is 6.16. The molecule has 1 N–H and O–H groups in total. The number of nitrogens with zero attached hydrogens (tertiary/aromatic N) is 3. The lowest BCUT2D eigenvalue weighted by molar-refractivity contribution is -0.389. The van der Waals surface area contributed by atoms with Crippen LogP contribution in [0.25, 0.3) is 0 Å². The maximum absolute atomic E-state index is 12.4. The Morgan fingerprint density at radius 2 is 2.14 bits per heavy atom. The van der Waals surface area contributed by atoms with E-state index in [0.717, 1.165) is 22.6 Å². The third kappa shape index (κ3) is 3.52. The maximum atomic E-state index is 12.4. The van der Waals surface area contributed by atoms with Gasteiger partial charge in [0.25, 0.3) is 0 Å². The summed E-state index contributed by atoms with van der Waals surface area (Å²) >= 11 is 0. The van der Waals surface area contributed by atoms with E-state index in [1.54, 1.807) is 0 Å². The molecule has 1 saturated carbocycles. The van der Waals surface area contributed by atoms with E-state index in [1.165, 1.54) is 0 Å². The molecule has 0 saturated heterocycles. The number of rotatable bonds is 7. The summed E-state index contributed by atoms with van der Waals surface area (Å²) < 4.78 is 26.0. The predicted octanol–water partition coefficient (Wildman–Crippen LogP) is 0.618. The van der Waals surface area contributed by atoms with Crippen molar-refractivity contribution in [2.24, 2.45) is 0 Å². The van der Waals surface area contributed by atoms with E-state index in [1.807, 2.05) is 0 Å². The first-order valence-corrected chi connectivity index (χ1v) is 7.60. The molecule has 0 atom stereocenters. The van der Waals surface area contributed by atoms with Gasteiger partial charge in [-0.15, -0.1) is 0 Å². The molecule has 0 radical (unpaired) electrons. The van der Waals surface area contributed by atoms with Crippen molar-refractivity contribution in [1.29, 1.82) is 0 Å². The first kappa shape index (κ1) is 15.3. The van der Waals surface area contributed by atoms with Crippen molar-refractivity contribution in [2.75, 3.05) is 6.54 Å². The highest BCUT2D eigenvalue weighted by Crippen LogP contribution is 2.32. The van der Waals surface area contributed by atoms with E-state index in [-0.39, 0.29) is 23.9 Å². The van der Waals surface area contributed by atoms with E-state index >= 15 is 0 Å². The molecule has 1 aliphatic carbocycles. The molecule has 0 bridgehead atoms. The molecule has 114 valence electrons. The zero-order chi connectivity index (χ0) is 15.6. The van der Waals surface area contributed by atoms with E-state index in [0.29, 0.717) is 12.8 Å². The van der Waals surface area contributed by atoms with Crippen LogP contribution in [0.5, 0.6) is 0 Å². The van der Waals surface area contributed by atoms with Crippen molar-refractivity contribution in [3.63, 3.8) is 0 Å². The maximum Gasteiger partial charge on any atom is 0.363 e. The SMILES string of the molecule is O=C(O)CCN(C1CC1)S(=O)(=O)c1ccc([N+](=O)[O-])nc1. The van der Waals surface area contributed by atoms with Gasteiger partial charge >= 0.3 is 11.8 Å². The molecule has 10 heteroatoms. The Bertz CT molecular complexity index is 653. The summed E-state index contributed by atoms with van der Waals surface area (Å²) in [7, 11) is -3.89. The number of carbonyl (C=O) groups is 1. The van der Waals surface area contributed by atoms with Gasteiger partial charge in [-0.25, -0.2) is 8.42 Å². The summed E-state index contributed by atoms with van der Waals surface area (Å²) in [5, 5.41) is 19.2. The van der Waals surface area contributed by atoms with Crippen LogP contribution >= 0.6 is 0 Å². The van der Waals surface area contributed by atoms with Gasteiger partial charge in [-0.05, 0) is 28.8 Å². The van der Waals surface area contributed by atoms with Gasteiger partial charge in [0, 0.05) is 18.7 Å². The second-order valence-corrected chi connectivity index (χ2v) is 6.49. The van der Waals surface area contributed by atoms with Crippen LogP contribution in [0.4, 0.5) is 5.82 Å². The number of carboxylic acids is 1. The van der Waals surface area contributed by atoms with E-state index < -0.39 is 26.7 Å². The Morgan fingerprint density at radius 1 is 1.48 bits per heavy atom. The molecule has 21 heavy (non-hydrogen) atoms. The molecule has 1 aromatic heterocycles. The highest BCUT2D eigenvalue weighted by atomic mass is 32.2. The fraction of sp³-hybridized carbons (Fsp3) is 0.455. The molecule has 0 spiro atoms. The fourth-order valence-corrected chi connectivity index (χ4v) is 3.47. The van der Waals surface area contributed by atoms with E-state index in [9.17, 15) is 23.3 Å². The number of hydrogen-bond acceptors (Lipinski definition) is 6. The zero-order valence-electron chi connectivity index (χ0n) is 10.9.